The number of hydrogen-bond acceptors (Lipinski definition) is 3. The molecule has 1 heterocycles. The molecule has 5 heteroatoms. The molecule has 4 nitrogen and oxygen atoms in total. The Morgan fingerprint density at radius 3 is 2.90 bits per heavy atom. The highest BCUT2D eigenvalue weighted by Gasteiger charge is 2.26. The minimum Gasteiger partial charge on any atom is -0.507 e. The number of carbonyl (C=O) groups is 1. The Labute approximate surface area is 124 Å². The summed E-state index contributed by atoms with van der Waals surface area (Å²) in [6.45, 7) is 0.405. The molecule has 1 atom stereocenters. The highest BCUT2D eigenvalue weighted by atomic mass is 79.9. The maximum Gasteiger partial charge on any atom is 0.255 e. The monoisotopic (exact) mass is 333 g/mol. The second kappa shape index (κ2) is 5.17. The lowest BCUT2D eigenvalue weighted by Gasteiger charge is -2.12. The standard InChI is InChI=1S/C15H12BrNO3/c16-9-5-6-11(13(18)7-9)15(19)17-12-8-20-14-4-2-1-3-10(12)14/h1-7,12,18H,8H2,(H,17,19). The Morgan fingerprint density at radius 2 is 2.10 bits per heavy atom. The summed E-state index contributed by atoms with van der Waals surface area (Å²) < 4.78 is 6.24. The summed E-state index contributed by atoms with van der Waals surface area (Å²) in [5.41, 5.74) is 1.20. The van der Waals surface area contributed by atoms with Gasteiger partial charge in [-0.3, -0.25) is 4.79 Å². The summed E-state index contributed by atoms with van der Waals surface area (Å²) in [5.74, 6) is 0.419. The number of rotatable bonds is 2. The normalized spacial score (nSPS) is 16.4. The zero-order valence-corrected chi connectivity index (χ0v) is 12.1. The van der Waals surface area contributed by atoms with Crippen molar-refractivity contribution in [1.82, 2.24) is 5.32 Å². The van der Waals surface area contributed by atoms with Gasteiger partial charge in [0, 0.05) is 10.0 Å². The zero-order valence-electron chi connectivity index (χ0n) is 10.5. The molecule has 0 spiro atoms. The number of nitrogens with one attached hydrogen (secondary N) is 1. The third-order valence-electron chi connectivity index (χ3n) is 3.21. The van der Waals surface area contributed by atoms with Crippen molar-refractivity contribution in [3.8, 4) is 11.5 Å². The van der Waals surface area contributed by atoms with Crippen molar-refractivity contribution in [1.29, 1.82) is 0 Å². The molecule has 0 saturated carbocycles. The van der Waals surface area contributed by atoms with E-state index in [0.29, 0.717) is 6.61 Å². The van der Waals surface area contributed by atoms with Crippen molar-refractivity contribution in [2.24, 2.45) is 0 Å². The first-order chi connectivity index (χ1) is 9.65. The molecule has 1 aliphatic rings. The number of para-hydroxylation sites is 1. The first-order valence-corrected chi connectivity index (χ1v) is 6.95. The molecule has 0 aliphatic carbocycles. The molecule has 1 aliphatic heterocycles. The number of phenols is 1. The molecule has 20 heavy (non-hydrogen) atoms. The lowest BCUT2D eigenvalue weighted by Crippen LogP contribution is -2.29. The van der Waals surface area contributed by atoms with Gasteiger partial charge < -0.3 is 15.2 Å². The zero-order chi connectivity index (χ0) is 14.1. The molecule has 0 aromatic heterocycles. The second-order valence-corrected chi connectivity index (χ2v) is 5.45. The van der Waals surface area contributed by atoms with Crippen LogP contribution in [0.25, 0.3) is 0 Å². The van der Waals surface area contributed by atoms with Gasteiger partial charge in [0.15, 0.2) is 0 Å². The highest BCUT2D eigenvalue weighted by molar-refractivity contribution is 9.10. The quantitative estimate of drug-likeness (QED) is 0.888. The summed E-state index contributed by atoms with van der Waals surface area (Å²) >= 11 is 3.24. The Bertz CT molecular complexity index is 672. The van der Waals surface area contributed by atoms with E-state index < -0.39 is 0 Å². The molecule has 102 valence electrons. The molecule has 3 rings (SSSR count). The summed E-state index contributed by atoms with van der Waals surface area (Å²) in [7, 11) is 0. The molecular weight excluding hydrogens is 322 g/mol. The number of hydrogen-bond donors (Lipinski definition) is 2. The summed E-state index contributed by atoms with van der Waals surface area (Å²) in [5, 5.41) is 12.7. The van der Waals surface area contributed by atoms with Crippen LogP contribution in [0.1, 0.15) is 22.0 Å². The molecule has 2 aromatic rings. The van der Waals surface area contributed by atoms with Gasteiger partial charge in [0.05, 0.1) is 11.6 Å². The van der Waals surface area contributed by atoms with Gasteiger partial charge in [-0.15, -0.1) is 0 Å². The SMILES string of the molecule is O=C(NC1COc2ccccc21)c1ccc(Br)cc1O. The van der Waals surface area contributed by atoms with Crippen LogP contribution in [-0.2, 0) is 0 Å². The number of carbonyl (C=O) groups excluding carboxylic acids is 1. The fourth-order valence-electron chi connectivity index (χ4n) is 2.21. The van der Waals surface area contributed by atoms with Crippen molar-refractivity contribution in [3.63, 3.8) is 0 Å². The van der Waals surface area contributed by atoms with E-state index in [4.69, 9.17) is 4.74 Å². The van der Waals surface area contributed by atoms with Crippen LogP contribution in [0.4, 0.5) is 0 Å². The predicted octanol–water partition coefficient (Wildman–Crippen LogP) is 3.02. The van der Waals surface area contributed by atoms with Crippen LogP contribution < -0.4 is 10.1 Å². The van der Waals surface area contributed by atoms with E-state index in [-0.39, 0.29) is 23.3 Å². The minimum atomic E-state index is -0.319. The lowest BCUT2D eigenvalue weighted by atomic mass is 10.1. The van der Waals surface area contributed by atoms with Crippen molar-refractivity contribution in [2.75, 3.05) is 6.61 Å². The van der Waals surface area contributed by atoms with E-state index in [1.54, 1.807) is 12.1 Å². The maximum absolute atomic E-state index is 12.2. The molecule has 1 unspecified atom stereocenters. The fraction of sp³-hybridized carbons (Fsp3) is 0.133. The molecule has 0 saturated heterocycles. The van der Waals surface area contributed by atoms with Crippen LogP contribution in [0.5, 0.6) is 11.5 Å². The van der Waals surface area contributed by atoms with Crippen LogP contribution in [0.15, 0.2) is 46.9 Å². The number of benzene rings is 2. The number of aromatic hydroxyl groups is 1. The molecule has 2 N–H and O–H groups in total. The van der Waals surface area contributed by atoms with Crippen LogP contribution in [-0.4, -0.2) is 17.6 Å². The van der Waals surface area contributed by atoms with Crippen LogP contribution in [0, 0.1) is 0 Å². The lowest BCUT2D eigenvalue weighted by molar-refractivity contribution is 0.0927. The third kappa shape index (κ3) is 2.36. The number of halogens is 1. The van der Waals surface area contributed by atoms with Gasteiger partial charge in [0.1, 0.15) is 18.1 Å². The average Bonchev–Trinajstić information content (AvgIpc) is 2.82. The highest BCUT2D eigenvalue weighted by Crippen LogP contribution is 2.32. The van der Waals surface area contributed by atoms with Crippen LogP contribution >= 0.6 is 15.9 Å². The Kier molecular flexibility index (Phi) is 3.36. The molecule has 1 amide bonds. The van der Waals surface area contributed by atoms with E-state index in [1.807, 2.05) is 24.3 Å². The number of amides is 1. The summed E-state index contributed by atoms with van der Waals surface area (Å²) in [4.78, 5) is 12.2. The topological polar surface area (TPSA) is 58.6 Å². The first-order valence-electron chi connectivity index (χ1n) is 6.16. The second-order valence-electron chi connectivity index (χ2n) is 4.54. The molecular formula is C15H12BrNO3. The van der Waals surface area contributed by atoms with Crippen LogP contribution in [0.2, 0.25) is 0 Å². The van der Waals surface area contributed by atoms with Gasteiger partial charge in [-0.1, -0.05) is 34.1 Å². The van der Waals surface area contributed by atoms with E-state index >= 15 is 0 Å². The third-order valence-corrected chi connectivity index (χ3v) is 3.70. The van der Waals surface area contributed by atoms with E-state index in [2.05, 4.69) is 21.2 Å². The minimum absolute atomic E-state index is 0.0518. The molecule has 2 aromatic carbocycles. The largest absolute Gasteiger partial charge is 0.507 e. The van der Waals surface area contributed by atoms with Gasteiger partial charge in [0.25, 0.3) is 5.91 Å². The van der Waals surface area contributed by atoms with E-state index in [1.165, 1.54) is 6.07 Å². The molecule has 0 radical (unpaired) electrons. The average molecular weight is 334 g/mol. The van der Waals surface area contributed by atoms with Gasteiger partial charge in [-0.05, 0) is 24.3 Å². The Balaban J connectivity index is 1.81. The number of ether oxygens (including phenoxy) is 1. The molecule has 0 bridgehead atoms. The summed E-state index contributed by atoms with van der Waals surface area (Å²) in [6, 6.07) is 12.2. The first kappa shape index (κ1) is 13.0. The van der Waals surface area contributed by atoms with Gasteiger partial charge in [-0.2, -0.15) is 0 Å². The smallest absolute Gasteiger partial charge is 0.255 e. The van der Waals surface area contributed by atoms with Crippen molar-refractivity contribution >= 4 is 21.8 Å². The number of fused-ring (bicyclic) bond motifs is 1. The Morgan fingerprint density at radius 1 is 1.30 bits per heavy atom. The van der Waals surface area contributed by atoms with E-state index in [9.17, 15) is 9.90 Å². The van der Waals surface area contributed by atoms with Crippen molar-refractivity contribution in [2.45, 2.75) is 6.04 Å². The van der Waals surface area contributed by atoms with Gasteiger partial charge in [-0.25, -0.2) is 0 Å². The van der Waals surface area contributed by atoms with Gasteiger partial charge in [0.2, 0.25) is 0 Å². The van der Waals surface area contributed by atoms with Crippen molar-refractivity contribution < 1.29 is 14.6 Å². The molecule has 0 fully saturated rings. The maximum atomic E-state index is 12.2. The van der Waals surface area contributed by atoms with Crippen molar-refractivity contribution in [3.05, 3.63) is 58.1 Å². The predicted molar refractivity (Wildman–Crippen MR) is 78.0 cm³/mol. The number of phenolic OH excluding ortho intramolecular Hbond substituents is 1. The van der Waals surface area contributed by atoms with Crippen LogP contribution in [0.3, 0.4) is 0 Å². The van der Waals surface area contributed by atoms with E-state index in [0.717, 1.165) is 15.8 Å². The summed E-state index contributed by atoms with van der Waals surface area (Å²) in [6.07, 6.45) is 0. The Hall–Kier alpha value is -2.01. The fourth-order valence-corrected chi connectivity index (χ4v) is 2.56. The van der Waals surface area contributed by atoms with Gasteiger partial charge >= 0.3 is 0 Å².